The predicted molar refractivity (Wildman–Crippen MR) is 170 cm³/mol. The Hall–Kier alpha value is -2.75. The van der Waals surface area contributed by atoms with Gasteiger partial charge in [0.05, 0.1) is 6.61 Å². The molecule has 0 spiro atoms. The Morgan fingerprint density at radius 1 is 0.923 bits per heavy atom. The Kier molecular flexibility index (Phi) is 10.3. The third-order valence-electron chi connectivity index (χ3n) is 7.91. The molecule has 3 rings (SSSR count). The maximum atomic E-state index is 14.9. The van der Waals surface area contributed by atoms with E-state index < -0.39 is 8.32 Å². The van der Waals surface area contributed by atoms with Gasteiger partial charge in [-0.1, -0.05) is 119 Å². The quantitative estimate of drug-likeness (QED) is 0.226. The summed E-state index contributed by atoms with van der Waals surface area (Å²) in [7, 11) is -2.61. The summed E-state index contributed by atoms with van der Waals surface area (Å²) < 4.78 is 21.9. The van der Waals surface area contributed by atoms with Crippen LogP contribution < -0.4 is 10.4 Å². The van der Waals surface area contributed by atoms with E-state index in [9.17, 15) is 4.39 Å². The SMILES string of the molecule is CC1=C(/C=C/C(C)=C/C(F)=C\C(C)=C\CO[Si](c2ccccc2)(c2ccccc2)C(C)(C)C)C(C)(C)CCC1. The molecule has 0 bridgehead atoms. The summed E-state index contributed by atoms with van der Waals surface area (Å²) in [6.07, 6.45) is 13.0. The van der Waals surface area contributed by atoms with Gasteiger partial charge in [-0.15, -0.1) is 0 Å². The van der Waals surface area contributed by atoms with E-state index in [2.05, 4.69) is 96.1 Å². The molecular weight excluding hydrogens is 495 g/mol. The van der Waals surface area contributed by atoms with Crippen molar-refractivity contribution < 1.29 is 8.82 Å². The van der Waals surface area contributed by atoms with Crippen LogP contribution in [0.5, 0.6) is 0 Å². The molecule has 0 saturated carbocycles. The van der Waals surface area contributed by atoms with Crippen LogP contribution in [0.3, 0.4) is 0 Å². The summed E-state index contributed by atoms with van der Waals surface area (Å²) in [5.74, 6) is -0.245. The van der Waals surface area contributed by atoms with Crippen LogP contribution >= 0.6 is 0 Å². The lowest BCUT2D eigenvalue weighted by atomic mass is 9.72. The van der Waals surface area contributed by atoms with Gasteiger partial charge in [-0.2, -0.15) is 0 Å². The molecule has 208 valence electrons. The maximum Gasteiger partial charge on any atom is 0.261 e. The van der Waals surface area contributed by atoms with Crippen LogP contribution in [0.2, 0.25) is 5.04 Å². The van der Waals surface area contributed by atoms with E-state index in [4.69, 9.17) is 4.43 Å². The van der Waals surface area contributed by atoms with Crippen molar-refractivity contribution in [3.8, 4) is 0 Å². The average molecular weight is 543 g/mol. The second kappa shape index (κ2) is 13.1. The van der Waals surface area contributed by atoms with E-state index >= 15 is 0 Å². The Morgan fingerprint density at radius 3 is 2.00 bits per heavy atom. The van der Waals surface area contributed by atoms with Crippen LogP contribution in [0.1, 0.15) is 74.7 Å². The van der Waals surface area contributed by atoms with Crippen LogP contribution in [0.4, 0.5) is 4.39 Å². The third-order valence-corrected chi connectivity index (χ3v) is 12.9. The summed E-state index contributed by atoms with van der Waals surface area (Å²) >= 11 is 0. The summed E-state index contributed by atoms with van der Waals surface area (Å²) in [5.41, 5.74) is 4.78. The van der Waals surface area contributed by atoms with Gasteiger partial charge < -0.3 is 4.43 Å². The van der Waals surface area contributed by atoms with Gasteiger partial charge in [0, 0.05) is 0 Å². The lowest BCUT2D eigenvalue weighted by molar-refractivity contribution is 0.338. The zero-order chi connectivity index (χ0) is 28.7. The zero-order valence-corrected chi connectivity index (χ0v) is 26.3. The fourth-order valence-corrected chi connectivity index (χ4v) is 10.4. The van der Waals surface area contributed by atoms with E-state index in [0.29, 0.717) is 6.61 Å². The molecule has 0 fully saturated rings. The lowest BCUT2D eigenvalue weighted by Crippen LogP contribution is -2.66. The van der Waals surface area contributed by atoms with E-state index in [1.807, 2.05) is 38.1 Å². The monoisotopic (exact) mass is 542 g/mol. The fraction of sp³-hybridized carbons (Fsp3) is 0.389. The van der Waals surface area contributed by atoms with Crippen molar-refractivity contribution >= 4 is 18.7 Å². The first-order valence-corrected chi connectivity index (χ1v) is 16.1. The van der Waals surface area contributed by atoms with Gasteiger partial charge in [-0.3, -0.25) is 0 Å². The van der Waals surface area contributed by atoms with Crippen molar-refractivity contribution in [3.05, 3.63) is 119 Å². The standard InChI is InChI=1S/C36H47FOSi/c1-28(21-22-34-30(3)16-15-24-36(34,7)8)26-31(37)27-29(2)23-25-38-39(35(4,5)6,32-17-11-9-12-18-32)33-19-13-10-14-20-33/h9-14,17-23,26-27H,15-16,24-25H2,1-8H3/b22-21+,28-26+,29-23+,31-27+. The van der Waals surface area contributed by atoms with E-state index in [1.165, 1.54) is 34.4 Å². The number of benzene rings is 2. The Balaban J connectivity index is 1.81. The lowest BCUT2D eigenvalue weighted by Gasteiger charge is -2.42. The number of halogens is 1. The maximum absolute atomic E-state index is 14.9. The van der Waals surface area contributed by atoms with Crippen molar-refractivity contribution in [3.63, 3.8) is 0 Å². The molecule has 1 nitrogen and oxygen atoms in total. The van der Waals surface area contributed by atoms with E-state index in [0.717, 1.165) is 17.6 Å². The van der Waals surface area contributed by atoms with Gasteiger partial charge in [0.1, 0.15) is 5.83 Å². The summed E-state index contributed by atoms with van der Waals surface area (Å²) in [6, 6.07) is 21.2. The fourth-order valence-electron chi connectivity index (χ4n) is 5.87. The summed E-state index contributed by atoms with van der Waals surface area (Å²) in [5, 5.41) is 2.40. The molecular formula is C36H47FOSi. The minimum Gasteiger partial charge on any atom is -0.404 e. The molecule has 1 aliphatic carbocycles. The van der Waals surface area contributed by atoms with Crippen molar-refractivity contribution in [2.45, 2.75) is 79.7 Å². The highest BCUT2D eigenvalue weighted by atomic mass is 28.4. The molecule has 0 saturated heterocycles. The predicted octanol–water partition coefficient (Wildman–Crippen LogP) is 9.39. The molecule has 0 aliphatic heterocycles. The molecule has 1 aliphatic rings. The Labute approximate surface area is 238 Å². The van der Waals surface area contributed by atoms with E-state index in [1.54, 1.807) is 12.2 Å². The zero-order valence-electron chi connectivity index (χ0n) is 25.3. The molecule has 0 aromatic heterocycles. The van der Waals surface area contributed by atoms with Crippen molar-refractivity contribution in [1.29, 1.82) is 0 Å². The normalized spacial score (nSPS) is 17.7. The summed E-state index contributed by atoms with van der Waals surface area (Å²) in [4.78, 5) is 0. The minimum absolute atomic E-state index is 0.0918. The third kappa shape index (κ3) is 7.68. The molecule has 3 heteroatoms. The van der Waals surface area contributed by atoms with Gasteiger partial charge in [0.25, 0.3) is 8.32 Å². The van der Waals surface area contributed by atoms with Crippen LogP contribution in [0.25, 0.3) is 0 Å². The highest BCUT2D eigenvalue weighted by Crippen LogP contribution is 2.41. The second-order valence-corrected chi connectivity index (χ2v) is 16.9. The van der Waals surface area contributed by atoms with Gasteiger partial charge in [-0.05, 0) is 89.7 Å². The molecule has 0 amide bonds. The average Bonchev–Trinajstić information content (AvgIpc) is 2.86. The topological polar surface area (TPSA) is 9.23 Å². The van der Waals surface area contributed by atoms with Crippen molar-refractivity contribution in [2.24, 2.45) is 5.41 Å². The summed E-state index contributed by atoms with van der Waals surface area (Å²) in [6.45, 7) is 18.0. The molecule has 2 aromatic carbocycles. The molecule has 0 unspecified atom stereocenters. The second-order valence-electron chi connectivity index (χ2n) is 12.6. The van der Waals surface area contributed by atoms with Gasteiger partial charge in [-0.25, -0.2) is 4.39 Å². The van der Waals surface area contributed by atoms with Crippen LogP contribution in [0.15, 0.2) is 119 Å². The highest BCUT2D eigenvalue weighted by molar-refractivity contribution is 6.99. The highest BCUT2D eigenvalue weighted by Gasteiger charge is 2.49. The number of hydrogen-bond acceptors (Lipinski definition) is 1. The first-order chi connectivity index (χ1) is 18.4. The molecule has 2 aromatic rings. The van der Waals surface area contributed by atoms with E-state index in [-0.39, 0.29) is 16.3 Å². The van der Waals surface area contributed by atoms with Crippen LogP contribution in [-0.4, -0.2) is 14.9 Å². The van der Waals surface area contributed by atoms with Crippen molar-refractivity contribution in [2.75, 3.05) is 6.61 Å². The minimum atomic E-state index is -2.61. The van der Waals surface area contributed by atoms with Crippen LogP contribution in [-0.2, 0) is 4.43 Å². The molecule has 39 heavy (non-hydrogen) atoms. The Bertz CT molecular complexity index is 1210. The number of rotatable bonds is 9. The molecule has 0 atom stereocenters. The molecule has 0 N–H and O–H groups in total. The van der Waals surface area contributed by atoms with Gasteiger partial charge >= 0.3 is 0 Å². The largest absolute Gasteiger partial charge is 0.404 e. The van der Waals surface area contributed by atoms with Gasteiger partial charge in [0.2, 0.25) is 0 Å². The Morgan fingerprint density at radius 2 is 1.49 bits per heavy atom. The molecule has 0 radical (unpaired) electrons. The first kappa shape index (κ1) is 30.8. The number of hydrogen-bond donors (Lipinski definition) is 0. The molecule has 0 heterocycles. The van der Waals surface area contributed by atoms with Crippen LogP contribution in [0, 0.1) is 5.41 Å². The smallest absolute Gasteiger partial charge is 0.261 e. The van der Waals surface area contributed by atoms with Crippen molar-refractivity contribution in [1.82, 2.24) is 0 Å². The number of allylic oxidation sites excluding steroid dienone is 9. The first-order valence-electron chi connectivity index (χ1n) is 14.2. The van der Waals surface area contributed by atoms with Gasteiger partial charge in [0.15, 0.2) is 0 Å².